The Bertz CT molecular complexity index is 426. The second-order valence-corrected chi connectivity index (χ2v) is 8.70. The predicted octanol–water partition coefficient (Wildman–Crippen LogP) is 2.50. The topological polar surface area (TPSA) is 53.6 Å². The maximum atomic E-state index is 11.9. The van der Waals surface area contributed by atoms with E-state index in [1.54, 1.807) is 0 Å². The van der Waals surface area contributed by atoms with E-state index in [2.05, 4.69) is 22.5 Å². The van der Waals surface area contributed by atoms with Gasteiger partial charge in [-0.25, -0.2) is 4.79 Å². The van der Waals surface area contributed by atoms with Gasteiger partial charge in [-0.15, -0.1) is 0 Å². The number of nitrogens with zero attached hydrogens (tertiary/aromatic N) is 1. The molecule has 0 aromatic heterocycles. The highest BCUT2D eigenvalue weighted by molar-refractivity contribution is 5.67. The van der Waals surface area contributed by atoms with E-state index in [4.69, 9.17) is 4.74 Å². The van der Waals surface area contributed by atoms with E-state index < -0.39 is 5.60 Å². The van der Waals surface area contributed by atoms with Crippen LogP contribution < -0.4 is 10.6 Å². The standard InChI is InChI=1S/C18H33N3O2/c1-12-9-14(11-21(12)15-7-8-15)20-16(13-5-6-13)10-19-17(22)23-18(2,3)4/h12-16,20H,5-11H2,1-4H3,(H,19,22). The molecule has 2 N–H and O–H groups in total. The summed E-state index contributed by atoms with van der Waals surface area (Å²) in [6.07, 6.45) is 6.24. The van der Waals surface area contributed by atoms with Gasteiger partial charge in [0, 0.05) is 37.3 Å². The molecule has 23 heavy (non-hydrogen) atoms. The molecule has 0 aromatic rings. The minimum atomic E-state index is -0.432. The van der Waals surface area contributed by atoms with Crippen molar-refractivity contribution in [2.24, 2.45) is 5.92 Å². The first-order valence-electron chi connectivity index (χ1n) is 9.30. The fraction of sp³-hybridized carbons (Fsp3) is 0.944. The quantitative estimate of drug-likeness (QED) is 0.788. The fourth-order valence-corrected chi connectivity index (χ4v) is 3.76. The van der Waals surface area contributed by atoms with Gasteiger partial charge in [-0.05, 0) is 65.7 Å². The highest BCUT2D eigenvalue weighted by atomic mass is 16.6. The molecule has 5 nitrogen and oxygen atoms in total. The first-order valence-corrected chi connectivity index (χ1v) is 9.30. The van der Waals surface area contributed by atoms with Crippen LogP contribution in [0.3, 0.4) is 0 Å². The Morgan fingerprint density at radius 3 is 2.52 bits per heavy atom. The van der Waals surface area contributed by atoms with E-state index in [1.807, 2.05) is 20.8 Å². The Kier molecular flexibility index (Phi) is 4.88. The molecule has 3 fully saturated rings. The predicted molar refractivity (Wildman–Crippen MR) is 91.5 cm³/mol. The van der Waals surface area contributed by atoms with E-state index in [0.717, 1.165) is 12.0 Å². The Morgan fingerprint density at radius 2 is 1.96 bits per heavy atom. The van der Waals surface area contributed by atoms with Crippen LogP contribution in [0.5, 0.6) is 0 Å². The van der Waals surface area contributed by atoms with E-state index in [9.17, 15) is 4.79 Å². The number of carbonyl (C=O) groups excluding carboxylic acids is 1. The minimum absolute atomic E-state index is 0.302. The Hall–Kier alpha value is -0.810. The van der Waals surface area contributed by atoms with Crippen LogP contribution in [0.25, 0.3) is 0 Å². The van der Waals surface area contributed by atoms with Crippen LogP contribution in [0.15, 0.2) is 0 Å². The number of rotatable bonds is 6. The summed E-state index contributed by atoms with van der Waals surface area (Å²) in [6, 6.07) is 2.49. The van der Waals surface area contributed by atoms with Crippen molar-refractivity contribution < 1.29 is 9.53 Å². The number of likely N-dealkylation sites (tertiary alicyclic amines) is 1. The molecule has 2 aliphatic carbocycles. The molecule has 3 unspecified atom stereocenters. The van der Waals surface area contributed by atoms with E-state index in [-0.39, 0.29) is 6.09 Å². The number of hydrogen-bond donors (Lipinski definition) is 2. The number of carbonyl (C=O) groups is 1. The smallest absolute Gasteiger partial charge is 0.407 e. The number of hydrogen-bond acceptors (Lipinski definition) is 4. The zero-order chi connectivity index (χ0) is 16.6. The number of ether oxygens (including phenoxy) is 1. The second-order valence-electron chi connectivity index (χ2n) is 8.70. The molecule has 1 amide bonds. The number of alkyl carbamates (subject to hydrolysis) is 1. The Labute approximate surface area is 140 Å². The third kappa shape index (κ3) is 5.08. The van der Waals surface area contributed by atoms with Crippen molar-refractivity contribution in [2.45, 2.75) is 89.6 Å². The van der Waals surface area contributed by atoms with Gasteiger partial charge in [-0.2, -0.15) is 0 Å². The summed E-state index contributed by atoms with van der Waals surface area (Å²) in [5, 5.41) is 6.78. The van der Waals surface area contributed by atoms with Crippen molar-refractivity contribution in [3.63, 3.8) is 0 Å². The molecular weight excluding hydrogens is 290 g/mol. The van der Waals surface area contributed by atoms with Crippen molar-refractivity contribution in [1.82, 2.24) is 15.5 Å². The normalized spacial score (nSPS) is 30.3. The molecule has 0 radical (unpaired) electrons. The van der Waals surface area contributed by atoms with E-state index in [1.165, 1.54) is 38.6 Å². The molecule has 3 atom stereocenters. The SMILES string of the molecule is CC1CC(NC(CNC(=O)OC(C)(C)C)C2CC2)CN1C1CC1. The summed E-state index contributed by atoms with van der Waals surface area (Å²) < 4.78 is 5.35. The molecule has 3 rings (SSSR count). The average Bonchev–Trinajstić information content (AvgIpc) is 3.32. The van der Waals surface area contributed by atoms with Gasteiger partial charge in [-0.3, -0.25) is 4.90 Å². The lowest BCUT2D eigenvalue weighted by molar-refractivity contribution is 0.0520. The lowest BCUT2D eigenvalue weighted by Gasteiger charge is -2.25. The van der Waals surface area contributed by atoms with Crippen LogP contribution in [0.4, 0.5) is 4.79 Å². The lowest BCUT2D eigenvalue weighted by Crippen LogP contribution is -2.48. The first-order chi connectivity index (χ1) is 10.8. The number of nitrogens with one attached hydrogen (secondary N) is 2. The van der Waals surface area contributed by atoms with Gasteiger partial charge in [0.1, 0.15) is 5.60 Å². The van der Waals surface area contributed by atoms with Gasteiger partial charge >= 0.3 is 6.09 Å². The average molecular weight is 323 g/mol. The molecule has 1 saturated heterocycles. The highest BCUT2D eigenvalue weighted by Crippen LogP contribution is 2.36. The molecule has 5 heteroatoms. The molecular formula is C18H33N3O2. The Morgan fingerprint density at radius 1 is 1.26 bits per heavy atom. The monoisotopic (exact) mass is 323 g/mol. The van der Waals surface area contributed by atoms with E-state index >= 15 is 0 Å². The molecule has 0 spiro atoms. The van der Waals surface area contributed by atoms with Gasteiger partial charge in [0.25, 0.3) is 0 Å². The Balaban J connectivity index is 1.45. The third-order valence-corrected chi connectivity index (χ3v) is 5.14. The molecule has 2 saturated carbocycles. The summed E-state index contributed by atoms with van der Waals surface area (Å²) in [7, 11) is 0. The van der Waals surface area contributed by atoms with Crippen LogP contribution in [-0.2, 0) is 4.74 Å². The van der Waals surface area contributed by atoms with Crippen LogP contribution in [0.1, 0.15) is 59.8 Å². The van der Waals surface area contributed by atoms with Crippen molar-refractivity contribution in [3.05, 3.63) is 0 Å². The minimum Gasteiger partial charge on any atom is -0.444 e. The zero-order valence-electron chi connectivity index (χ0n) is 15.1. The maximum absolute atomic E-state index is 11.9. The lowest BCUT2D eigenvalue weighted by atomic mass is 10.1. The van der Waals surface area contributed by atoms with Crippen LogP contribution >= 0.6 is 0 Å². The van der Waals surface area contributed by atoms with Crippen molar-refractivity contribution in [2.75, 3.05) is 13.1 Å². The van der Waals surface area contributed by atoms with Gasteiger partial charge in [-0.1, -0.05) is 0 Å². The van der Waals surface area contributed by atoms with Gasteiger partial charge in [0.05, 0.1) is 0 Å². The summed E-state index contributed by atoms with van der Waals surface area (Å²) in [4.78, 5) is 14.5. The van der Waals surface area contributed by atoms with Gasteiger partial charge < -0.3 is 15.4 Å². The summed E-state index contributed by atoms with van der Waals surface area (Å²) in [5.41, 5.74) is -0.432. The summed E-state index contributed by atoms with van der Waals surface area (Å²) in [5.74, 6) is 0.718. The molecule has 3 aliphatic rings. The van der Waals surface area contributed by atoms with Crippen molar-refractivity contribution in [1.29, 1.82) is 0 Å². The van der Waals surface area contributed by atoms with Crippen molar-refractivity contribution >= 4 is 6.09 Å². The summed E-state index contributed by atoms with van der Waals surface area (Å²) >= 11 is 0. The molecule has 1 aliphatic heterocycles. The van der Waals surface area contributed by atoms with E-state index in [0.29, 0.717) is 24.7 Å². The van der Waals surface area contributed by atoms with Crippen molar-refractivity contribution in [3.8, 4) is 0 Å². The van der Waals surface area contributed by atoms with Gasteiger partial charge in [0.2, 0.25) is 0 Å². The van der Waals surface area contributed by atoms with Crippen LogP contribution in [0, 0.1) is 5.92 Å². The highest BCUT2D eigenvalue weighted by Gasteiger charge is 2.41. The molecule has 0 bridgehead atoms. The number of amides is 1. The van der Waals surface area contributed by atoms with Crippen LogP contribution in [-0.4, -0.2) is 53.9 Å². The maximum Gasteiger partial charge on any atom is 0.407 e. The fourth-order valence-electron chi connectivity index (χ4n) is 3.76. The molecule has 1 heterocycles. The first kappa shape index (κ1) is 17.0. The molecule has 132 valence electrons. The largest absolute Gasteiger partial charge is 0.444 e. The third-order valence-electron chi connectivity index (χ3n) is 5.14. The molecule has 0 aromatic carbocycles. The van der Waals surface area contributed by atoms with Gasteiger partial charge in [0.15, 0.2) is 0 Å². The summed E-state index contributed by atoms with van der Waals surface area (Å²) in [6.45, 7) is 9.89. The zero-order valence-corrected chi connectivity index (χ0v) is 15.1. The van der Waals surface area contributed by atoms with Crippen LogP contribution in [0.2, 0.25) is 0 Å². The second kappa shape index (κ2) is 6.60.